The van der Waals surface area contributed by atoms with Crippen LogP contribution >= 0.6 is 24.2 Å². The van der Waals surface area contributed by atoms with Crippen molar-refractivity contribution in [1.29, 1.82) is 5.53 Å². The van der Waals surface area contributed by atoms with Crippen LogP contribution in [0.25, 0.3) is 15.9 Å². The Kier molecular flexibility index (Phi) is 21.8. The van der Waals surface area contributed by atoms with Gasteiger partial charge in [-0.25, -0.2) is 15.0 Å². The highest BCUT2D eigenvalue weighted by Gasteiger charge is 2.23. The third-order valence-electron chi connectivity index (χ3n) is 7.58. The van der Waals surface area contributed by atoms with Crippen molar-refractivity contribution in [3.8, 4) is 137 Å². The highest BCUT2D eigenvalue weighted by atomic mass is 32.1. The van der Waals surface area contributed by atoms with Crippen LogP contribution in [0.4, 0.5) is 0 Å². The van der Waals surface area contributed by atoms with Crippen LogP contribution < -0.4 is 10.4 Å². The minimum atomic E-state index is -0.190. The Morgan fingerprint density at radius 1 is 0.903 bits per heavy atom. The molecule has 0 bridgehead atoms. The van der Waals surface area contributed by atoms with E-state index in [4.69, 9.17) is 28.4 Å². The first-order chi connectivity index (χ1) is 30.3. The summed E-state index contributed by atoms with van der Waals surface area (Å²) < 4.78 is 12.3. The molecule has 0 spiro atoms. The molecule has 16 nitrogen and oxygen atoms in total. The molecule has 326 valence electrons. The molecule has 62 heavy (non-hydrogen) atoms. The zero-order valence-electron chi connectivity index (χ0n) is 32.8. The lowest BCUT2D eigenvalue weighted by Gasteiger charge is -2.29. The van der Waals surface area contributed by atoms with Gasteiger partial charge in [0.15, 0.2) is 5.65 Å². The average molecular weight is 881 g/mol. The number of rotatable bonds is 9. The molecular weight excluding hydrogens is 829 g/mol. The van der Waals surface area contributed by atoms with Crippen molar-refractivity contribution < 1.29 is 40.1 Å². The lowest BCUT2D eigenvalue weighted by atomic mass is 10.1. The lowest BCUT2D eigenvalue weighted by molar-refractivity contribution is -0.478. The summed E-state index contributed by atoms with van der Waals surface area (Å²) in [7, 11) is 1.64. The molecule has 3 N–H and O–H groups in total. The fourth-order valence-corrected chi connectivity index (χ4v) is 6.30. The molecule has 0 radical (unpaired) electrons. The molecule has 1 fully saturated rings. The molecule has 0 atom stereocenters. The average Bonchev–Trinajstić information content (AvgIpc) is 3.91. The van der Waals surface area contributed by atoms with Gasteiger partial charge in [-0.2, -0.15) is 19.4 Å². The fraction of sp³-hybridized carbons (Fsp3) is 0.205. The number of hydrogen-bond donors (Lipinski definition) is 4. The standard InChI is InChI=1S/C22H25N5O3S.C22H2.H3N5O3S.11H2/c1-14-18(12-25-9-7-16(28)8-10-25)31-21-19(14)20-23-13-24-27(20)22(29)26(21)11-15-3-5-17(30-2)6-4-15;1-3-5-7-9-11-13-15-17-19-21-22-20-18-16-14-12-10-8-6-4-2;1-2-3-4-5(7-6)8-9;;;;;;;;;;;/h3-6,13,16,28H,7-12H2,1-2H3;1-2H;1,6,9H;11*1H/b;;2-1?,4-3+;;;;;;;;;;;. The van der Waals surface area contributed by atoms with E-state index in [1.165, 1.54) is 15.7 Å². The predicted octanol–water partition coefficient (Wildman–Crippen LogP) is 6.20. The van der Waals surface area contributed by atoms with Gasteiger partial charge in [-0.05, 0) is 148 Å². The molecule has 1 aliphatic rings. The predicted molar refractivity (Wildman–Crippen MR) is 257 cm³/mol. The van der Waals surface area contributed by atoms with Gasteiger partial charge in [-0.1, -0.05) is 17.1 Å². The van der Waals surface area contributed by atoms with E-state index in [0.717, 1.165) is 59.6 Å². The van der Waals surface area contributed by atoms with Gasteiger partial charge in [0.1, 0.15) is 16.9 Å². The third-order valence-corrected chi connectivity index (χ3v) is 9.02. The van der Waals surface area contributed by atoms with E-state index < -0.39 is 0 Å². The lowest BCUT2D eigenvalue weighted by Crippen LogP contribution is -2.35. The Hall–Kier alpha value is -8.36. The number of aliphatic hydroxyl groups is 1. The third kappa shape index (κ3) is 16.1. The molecule has 1 saturated heterocycles. The zero-order valence-corrected chi connectivity index (χ0v) is 34.5. The first kappa shape index (κ1) is 48.0. The number of ether oxygens (including phenoxy) is 1. The largest absolute Gasteiger partial charge is 0.497 e. The Morgan fingerprint density at radius 2 is 1.42 bits per heavy atom. The van der Waals surface area contributed by atoms with Crippen LogP contribution in [0.5, 0.6) is 5.75 Å². The highest BCUT2D eigenvalue weighted by molar-refractivity contribution is 7.75. The molecule has 4 aromatic rings. The van der Waals surface area contributed by atoms with Crippen LogP contribution in [0, 0.1) is 144 Å². The number of benzene rings is 1. The van der Waals surface area contributed by atoms with Crippen molar-refractivity contribution in [2.24, 2.45) is 15.7 Å². The first-order valence-corrected chi connectivity index (χ1v) is 18.5. The molecule has 1 aromatic carbocycles. The second-order valence-electron chi connectivity index (χ2n) is 11.3. The number of aromatic nitrogens is 4. The Bertz CT molecular complexity index is 2960. The van der Waals surface area contributed by atoms with Crippen molar-refractivity contribution >= 4 is 40.1 Å². The highest BCUT2D eigenvalue weighted by Crippen LogP contribution is 2.34. The van der Waals surface area contributed by atoms with Gasteiger partial charge in [0, 0.05) is 87.4 Å². The maximum Gasteiger partial charge on any atom is 0.352 e. The van der Waals surface area contributed by atoms with Gasteiger partial charge in [0.25, 0.3) is 0 Å². The molecule has 4 heterocycles. The minimum absolute atomic E-state index is 0. The van der Waals surface area contributed by atoms with Gasteiger partial charge in [-0.3, -0.25) is 9.47 Å². The minimum Gasteiger partial charge on any atom is -0.497 e. The molecule has 18 heteroatoms. The van der Waals surface area contributed by atoms with Gasteiger partial charge in [0.05, 0.1) is 25.1 Å². The van der Waals surface area contributed by atoms with Crippen molar-refractivity contribution in [3.05, 3.63) is 57.1 Å². The summed E-state index contributed by atoms with van der Waals surface area (Å²) in [5, 5.41) is 30.8. The van der Waals surface area contributed by atoms with E-state index in [9.17, 15) is 9.90 Å². The fourth-order valence-electron chi connectivity index (χ4n) is 4.91. The summed E-state index contributed by atoms with van der Waals surface area (Å²) in [6, 6.07) is 7.76. The number of thiophene rings is 1. The number of hydrogen-bond acceptors (Lipinski definition) is 13. The van der Waals surface area contributed by atoms with Crippen LogP contribution in [-0.2, 0) is 22.4 Å². The maximum absolute atomic E-state index is 13.2. The summed E-state index contributed by atoms with van der Waals surface area (Å²) in [6.07, 6.45) is 12.7. The van der Waals surface area contributed by atoms with Crippen LogP contribution in [-0.4, -0.2) is 66.1 Å². The Labute approximate surface area is 383 Å². The van der Waals surface area contributed by atoms with E-state index in [1.54, 1.807) is 23.0 Å². The number of terminal acetylenes is 2. The SMILES string of the molecule is C#CC#CC#CC#CC#CC#CC#CC#CC#CC#CC#C.COc1ccc(Cn2c(=O)n3ncnc3c3c(C)c(CN4CCC(O)CC4)sc32)cc1.N=N/N=N/N(OO)OS.[HH].[HH].[HH].[HH].[HH].[HH].[HH].[HH].[HH].[HH].[HH]. The molecule has 0 unspecified atom stereocenters. The number of fused-ring (bicyclic) bond motifs is 3. The maximum atomic E-state index is 13.2. The molecule has 0 aliphatic carbocycles. The van der Waals surface area contributed by atoms with Gasteiger partial charge < -0.3 is 9.84 Å². The molecule has 0 saturated carbocycles. The number of likely N-dealkylation sites (tertiary alicyclic amines) is 1. The van der Waals surface area contributed by atoms with E-state index in [0.29, 0.717) is 12.2 Å². The van der Waals surface area contributed by atoms with E-state index >= 15 is 0 Å². The van der Waals surface area contributed by atoms with Crippen molar-refractivity contribution in [2.45, 2.75) is 39.0 Å². The van der Waals surface area contributed by atoms with E-state index in [-0.39, 0.29) is 32.8 Å². The molecule has 1 aliphatic heterocycles. The number of piperidine rings is 1. The summed E-state index contributed by atoms with van der Waals surface area (Å²) >= 11 is 4.81. The van der Waals surface area contributed by atoms with E-state index in [2.05, 4.69) is 178 Å². The molecule has 5 rings (SSSR count). The number of aryl methyl sites for hydroxylation is 1. The van der Waals surface area contributed by atoms with Crippen LogP contribution in [0.3, 0.4) is 0 Å². The topological polar surface area (TPSA) is 188 Å². The number of thiol groups is 1. The van der Waals surface area contributed by atoms with Gasteiger partial charge >= 0.3 is 5.69 Å². The summed E-state index contributed by atoms with van der Waals surface area (Å²) in [5.74, 6) is 49.0. The van der Waals surface area contributed by atoms with E-state index in [1.807, 2.05) is 24.3 Å². The Balaban J connectivity index is -0.000000125. The number of aliphatic hydroxyl groups excluding tert-OH is 1. The van der Waals surface area contributed by atoms with Crippen LogP contribution in [0.1, 0.15) is 44.5 Å². The molecule has 3 aromatic heterocycles. The van der Waals surface area contributed by atoms with Crippen LogP contribution in [0.15, 0.2) is 51.1 Å². The molecule has 0 amide bonds. The second kappa shape index (κ2) is 28.1. The number of nitrogens with one attached hydrogen (secondary N) is 1. The van der Waals surface area contributed by atoms with Crippen molar-refractivity contribution in [1.82, 2.24) is 29.4 Å². The zero-order chi connectivity index (χ0) is 44.8. The second-order valence-corrected chi connectivity index (χ2v) is 12.5. The molecular formula is C44H52N10O6S2. The quantitative estimate of drug-likeness (QED) is 0.0377. The number of nitrogens with zero attached hydrogens (tertiary/aromatic N) is 9. The monoisotopic (exact) mass is 880 g/mol. The van der Waals surface area contributed by atoms with Crippen LogP contribution in [0.2, 0.25) is 0 Å². The smallest absolute Gasteiger partial charge is 0.352 e. The van der Waals surface area contributed by atoms with Gasteiger partial charge in [-0.15, -0.1) is 24.2 Å². The van der Waals surface area contributed by atoms with Crippen molar-refractivity contribution in [2.75, 3.05) is 20.2 Å². The van der Waals surface area contributed by atoms with Crippen molar-refractivity contribution in [3.63, 3.8) is 0 Å². The first-order valence-electron chi connectivity index (χ1n) is 17.3. The summed E-state index contributed by atoms with van der Waals surface area (Å²) in [4.78, 5) is 25.5. The normalized spacial score (nSPS) is 10.7. The summed E-state index contributed by atoms with van der Waals surface area (Å²) in [5.41, 5.74) is 8.65. The summed E-state index contributed by atoms with van der Waals surface area (Å²) in [6.45, 7) is 5.13. The van der Waals surface area contributed by atoms with Gasteiger partial charge in [0.2, 0.25) is 0 Å². The Morgan fingerprint density at radius 3 is 1.87 bits per heavy atom. The number of methoxy groups -OCH3 is 1.